The predicted octanol–water partition coefficient (Wildman–Crippen LogP) is 2.07. The third-order valence-electron chi connectivity index (χ3n) is 5.77. The second kappa shape index (κ2) is 15.8. The van der Waals surface area contributed by atoms with Crippen LogP contribution in [0, 0.1) is 5.92 Å². The first-order chi connectivity index (χ1) is 19.3. The van der Waals surface area contributed by atoms with Gasteiger partial charge in [0.05, 0.1) is 43.8 Å². The number of hydrogen-bond acceptors (Lipinski definition) is 6. The highest BCUT2D eigenvalue weighted by Gasteiger charge is 2.29. The van der Waals surface area contributed by atoms with Gasteiger partial charge in [0.1, 0.15) is 6.04 Å². The summed E-state index contributed by atoms with van der Waals surface area (Å²) in [4.78, 5) is 62.3. The zero-order valence-electron chi connectivity index (χ0n) is 22.2. The Balaban J connectivity index is 2.08. The van der Waals surface area contributed by atoms with Crippen LogP contribution in [0.3, 0.4) is 0 Å². The predicted molar refractivity (Wildman–Crippen MR) is 158 cm³/mol. The van der Waals surface area contributed by atoms with Crippen molar-refractivity contribution in [3.8, 4) is 0 Å². The molecule has 0 unspecified atom stereocenters. The Kier molecular flexibility index (Phi) is 13.1. The molecule has 11 nitrogen and oxygen atoms in total. The molecule has 0 aliphatic carbocycles. The molecule has 0 heterocycles. The van der Waals surface area contributed by atoms with E-state index < -0.39 is 59.3 Å². The summed E-state index contributed by atoms with van der Waals surface area (Å²) in [7, 11) is 0. The fourth-order valence-corrected chi connectivity index (χ4v) is 4.66. The van der Waals surface area contributed by atoms with E-state index in [2.05, 4.69) is 21.3 Å². The molecule has 5 amide bonds. The molecule has 0 aliphatic heterocycles. The van der Waals surface area contributed by atoms with E-state index in [4.69, 9.17) is 57.9 Å². The van der Waals surface area contributed by atoms with Crippen LogP contribution in [0.25, 0.3) is 0 Å². The number of nitrogens with one attached hydrogen (secondary N) is 4. The lowest BCUT2D eigenvalue weighted by Gasteiger charge is -2.19. The molecule has 2 atom stereocenters. The molecule has 2 aromatic carbocycles. The third-order valence-corrected chi connectivity index (χ3v) is 7.57. The van der Waals surface area contributed by atoms with E-state index in [1.807, 2.05) is 30.3 Å². The highest BCUT2D eigenvalue weighted by atomic mass is 35.5. The Morgan fingerprint density at radius 2 is 1.29 bits per heavy atom. The molecule has 0 aromatic heterocycles. The van der Waals surface area contributed by atoms with Gasteiger partial charge in [-0.1, -0.05) is 90.6 Å². The topological polar surface area (TPSA) is 186 Å². The molecule has 0 radical (unpaired) electrons. The van der Waals surface area contributed by atoms with Crippen LogP contribution in [0.4, 0.5) is 0 Å². The lowest BCUT2D eigenvalue weighted by molar-refractivity contribution is -0.127. The monoisotopic (exact) mass is 646 g/mol. The number of primary amides is 1. The molecule has 0 bridgehead atoms. The Labute approximate surface area is 256 Å². The highest BCUT2D eigenvalue weighted by molar-refractivity contribution is 6.54. The number of benzene rings is 2. The maximum Gasteiger partial charge on any atom is 0.254 e. The minimum atomic E-state index is -0.962. The van der Waals surface area contributed by atoms with E-state index in [0.717, 1.165) is 5.56 Å². The highest BCUT2D eigenvalue weighted by Crippen LogP contribution is 2.41. The second-order valence-corrected chi connectivity index (χ2v) is 10.7. The van der Waals surface area contributed by atoms with Crippen LogP contribution < -0.4 is 32.7 Å². The van der Waals surface area contributed by atoms with E-state index in [1.165, 1.54) is 0 Å². The van der Waals surface area contributed by atoms with E-state index in [-0.39, 0.29) is 39.1 Å². The molecule has 0 saturated carbocycles. The molecule has 2 aromatic rings. The first kappa shape index (κ1) is 34.1. The molecular formula is C26H30Cl4N6O5. The van der Waals surface area contributed by atoms with E-state index >= 15 is 0 Å². The molecule has 15 heteroatoms. The van der Waals surface area contributed by atoms with Gasteiger partial charge in [-0.3, -0.25) is 24.0 Å². The minimum Gasteiger partial charge on any atom is -0.368 e. The van der Waals surface area contributed by atoms with Crippen molar-refractivity contribution in [2.45, 2.75) is 32.4 Å². The van der Waals surface area contributed by atoms with Gasteiger partial charge in [-0.25, -0.2) is 0 Å². The lowest BCUT2D eigenvalue weighted by atomic mass is 10.0. The van der Waals surface area contributed by atoms with Crippen LogP contribution in [0.1, 0.15) is 40.1 Å². The largest absolute Gasteiger partial charge is 0.368 e. The van der Waals surface area contributed by atoms with Gasteiger partial charge >= 0.3 is 0 Å². The number of carbonyl (C=O) groups is 5. The maximum absolute atomic E-state index is 13.1. The van der Waals surface area contributed by atoms with Crippen LogP contribution in [0.15, 0.2) is 30.3 Å². The van der Waals surface area contributed by atoms with Gasteiger partial charge in [0.2, 0.25) is 17.7 Å². The van der Waals surface area contributed by atoms with Gasteiger partial charge in [0.25, 0.3) is 11.8 Å². The van der Waals surface area contributed by atoms with E-state index in [0.29, 0.717) is 6.42 Å². The summed E-state index contributed by atoms with van der Waals surface area (Å²) in [6, 6.07) is 7.47. The van der Waals surface area contributed by atoms with E-state index in [1.54, 1.807) is 13.8 Å². The Hall–Kier alpha value is -3.09. The summed E-state index contributed by atoms with van der Waals surface area (Å²) in [6.07, 6.45) is 0.327. The Bertz CT molecular complexity index is 1310. The SMILES string of the molecule is CC(C)[C@H](NC(=O)CNC(=O)c1c(Cl)c(Cl)c(Cl)c(Cl)c1C(=O)NCCNC(=O)[C@@H](N)Cc1ccccc1)C(N)=O. The summed E-state index contributed by atoms with van der Waals surface area (Å²) in [6.45, 7) is 2.73. The fourth-order valence-electron chi connectivity index (χ4n) is 3.64. The fraction of sp³-hybridized carbons (Fsp3) is 0.346. The van der Waals surface area contributed by atoms with Crippen LogP contribution in [0.2, 0.25) is 20.1 Å². The standard InChI is InChI=1S/C26H30Cl4N6O5/c1-12(2)22(23(32)38)36-15(37)11-35-26(41)17-16(18(27)20(29)21(30)19(17)28)25(40)34-9-8-33-24(39)14(31)10-13-6-4-3-5-7-13/h3-7,12,14,22H,8-11,31H2,1-2H3,(H2,32,38)(H,33,39)(H,34,40)(H,35,41)(H,36,37)/t14-,22-/m0/s1. The Morgan fingerprint density at radius 3 is 1.80 bits per heavy atom. The summed E-state index contributed by atoms with van der Waals surface area (Å²) in [5.41, 5.74) is 11.3. The molecule has 0 aliphatic rings. The van der Waals surface area contributed by atoms with Gasteiger partial charge < -0.3 is 32.7 Å². The molecule has 8 N–H and O–H groups in total. The lowest BCUT2D eigenvalue weighted by Crippen LogP contribution is -2.50. The normalized spacial score (nSPS) is 12.3. The zero-order valence-corrected chi connectivity index (χ0v) is 25.2. The molecule has 2 rings (SSSR count). The molecule has 222 valence electrons. The quantitative estimate of drug-likeness (QED) is 0.110. The van der Waals surface area contributed by atoms with Crippen molar-refractivity contribution in [3.63, 3.8) is 0 Å². The number of amides is 5. The van der Waals surface area contributed by atoms with Crippen molar-refractivity contribution in [3.05, 3.63) is 67.1 Å². The smallest absolute Gasteiger partial charge is 0.254 e. The van der Waals surface area contributed by atoms with Crippen molar-refractivity contribution in [1.29, 1.82) is 0 Å². The van der Waals surface area contributed by atoms with Crippen molar-refractivity contribution >= 4 is 75.9 Å². The molecule has 0 saturated heterocycles. The maximum atomic E-state index is 13.1. The van der Waals surface area contributed by atoms with Crippen LogP contribution >= 0.6 is 46.4 Å². The van der Waals surface area contributed by atoms with Crippen LogP contribution in [-0.4, -0.2) is 61.3 Å². The van der Waals surface area contributed by atoms with Crippen molar-refractivity contribution in [1.82, 2.24) is 21.3 Å². The summed E-state index contributed by atoms with van der Waals surface area (Å²) >= 11 is 24.7. The number of nitrogens with two attached hydrogens (primary N) is 2. The summed E-state index contributed by atoms with van der Waals surface area (Å²) in [5.74, 6) is -3.99. The first-order valence-electron chi connectivity index (χ1n) is 12.3. The van der Waals surface area contributed by atoms with Crippen molar-refractivity contribution in [2.24, 2.45) is 17.4 Å². The van der Waals surface area contributed by atoms with Gasteiger partial charge in [-0.05, 0) is 17.9 Å². The van der Waals surface area contributed by atoms with Crippen molar-refractivity contribution in [2.75, 3.05) is 19.6 Å². The van der Waals surface area contributed by atoms with Crippen molar-refractivity contribution < 1.29 is 24.0 Å². The molecular weight excluding hydrogens is 618 g/mol. The van der Waals surface area contributed by atoms with Crippen LogP contribution in [-0.2, 0) is 20.8 Å². The number of halogens is 4. The van der Waals surface area contributed by atoms with Gasteiger partial charge in [0.15, 0.2) is 0 Å². The van der Waals surface area contributed by atoms with Gasteiger partial charge in [-0.15, -0.1) is 0 Å². The number of hydrogen-bond donors (Lipinski definition) is 6. The zero-order chi connectivity index (χ0) is 30.9. The average Bonchev–Trinajstić information content (AvgIpc) is 2.93. The molecule has 0 spiro atoms. The number of carbonyl (C=O) groups excluding carboxylic acids is 5. The second-order valence-electron chi connectivity index (χ2n) is 9.22. The van der Waals surface area contributed by atoms with Crippen LogP contribution in [0.5, 0.6) is 0 Å². The molecule has 0 fully saturated rings. The number of rotatable bonds is 13. The Morgan fingerprint density at radius 1 is 0.780 bits per heavy atom. The van der Waals surface area contributed by atoms with Gasteiger partial charge in [0, 0.05) is 13.1 Å². The molecule has 41 heavy (non-hydrogen) atoms. The summed E-state index contributed by atoms with van der Waals surface area (Å²) < 4.78 is 0. The first-order valence-corrected chi connectivity index (χ1v) is 13.9. The average molecular weight is 648 g/mol. The summed E-state index contributed by atoms with van der Waals surface area (Å²) in [5, 5.41) is 8.59. The van der Waals surface area contributed by atoms with Gasteiger partial charge in [-0.2, -0.15) is 0 Å². The minimum absolute atomic E-state index is 0.0122. The van der Waals surface area contributed by atoms with E-state index in [9.17, 15) is 24.0 Å². The third kappa shape index (κ3) is 9.47.